The predicted molar refractivity (Wildman–Crippen MR) is 120 cm³/mol. The van der Waals surface area contributed by atoms with E-state index in [0.29, 0.717) is 42.1 Å². The van der Waals surface area contributed by atoms with Crippen molar-refractivity contribution < 1.29 is 13.5 Å². The van der Waals surface area contributed by atoms with E-state index in [4.69, 9.17) is 16.7 Å². The van der Waals surface area contributed by atoms with Crippen molar-refractivity contribution in [1.82, 2.24) is 24.1 Å². The molecule has 3 aromatic rings. The minimum atomic E-state index is -3.25. The number of hydrogen-bond acceptors (Lipinski definition) is 8. The van der Waals surface area contributed by atoms with E-state index < -0.39 is 10.0 Å². The summed E-state index contributed by atoms with van der Waals surface area (Å²) in [5.74, 6) is 0.805. The van der Waals surface area contributed by atoms with E-state index in [-0.39, 0.29) is 6.61 Å². The van der Waals surface area contributed by atoms with Gasteiger partial charge >= 0.3 is 0 Å². The topological polar surface area (TPSA) is 125 Å². The first kappa shape index (κ1) is 22.9. The van der Waals surface area contributed by atoms with Crippen LogP contribution in [0.3, 0.4) is 0 Å². The highest BCUT2D eigenvalue weighted by atomic mass is 35.5. The lowest BCUT2D eigenvalue weighted by Gasteiger charge is -2.15. The predicted octanol–water partition coefficient (Wildman–Crippen LogP) is 2.07. The molecule has 0 spiro atoms. The fourth-order valence-electron chi connectivity index (χ4n) is 2.73. The molecule has 10 nitrogen and oxygen atoms in total. The van der Waals surface area contributed by atoms with Crippen LogP contribution < -0.4 is 10.6 Å². The minimum Gasteiger partial charge on any atom is -0.394 e. The zero-order valence-corrected chi connectivity index (χ0v) is 18.7. The molecule has 0 saturated carbocycles. The molecule has 0 unspecified atom stereocenters. The maximum atomic E-state index is 11.6. The fourth-order valence-corrected chi connectivity index (χ4v) is 3.27. The van der Waals surface area contributed by atoms with E-state index in [9.17, 15) is 8.42 Å². The first-order valence-corrected chi connectivity index (χ1v) is 11.6. The Bertz CT molecular complexity index is 1140. The number of benzene rings is 1. The van der Waals surface area contributed by atoms with Crippen LogP contribution in [0, 0.1) is 0 Å². The summed E-state index contributed by atoms with van der Waals surface area (Å²) >= 11 is 6.23. The highest BCUT2D eigenvalue weighted by molar-refractivity contribution is 7.88. The number of sulfonamides is 1. The minimum absolute atomic E-state index is 0.00161. The van der Waals surface area contributed by atoms with E-state index in [2.05, 4.69) is 25.7 Å². The molecule has 2 heterocycles. The van der Waals surface area contributed by atoms with Crippen molar-refractivity contribution in [3.8, 4) is 0 Å². The second-order valence-electron chi connectivity index (χ2n) is 6.92. The Morgan fingerprint density at radius 3 is 2.77 bits per heavy atom. The smallest absolute Gasteiger partial charge is 0.229 e. The highest BCUT2D eigenvalue weighted by Crippen LogP contribution is 2.22. The van der Waals surface area contributed by atoms with Crippen LogP contribution in [0.25, 0.3) is 0 Å². The first-order valence-electron chi connectivity index (χ1n) is 9.40. The number of rotatable bonds is 10. The number of nitrogens with zero attached hydrogens (tertiary/aromatic N) is 5. The molecule has 0 bridgehead atoms. The van der Waals surface area contributed by atoms with E-state index in [0.717, 1.165) is 11.1 Å². The van der Waals surface area contributed by atoms with Gasteiger partial charge in [0.2, 0.25) is 16.0 Å². The molecule has 0 aliphatic heterocycles. The van der Waals surface area contributed by atoms with Gasteiger partial charge in [-0.1, -0.05) is 35.9 Å². The van der Waals surface area contributed by atoms with Crippen molar-refractivity contribution in [3.63, 3.8) is 0 Å². The van der Waals surface area contributed by atoms with Crippen LogP contribution in [0.2, 0.25) is 5.02 Å². The fraction of sp³-hybridized carbons (Fsp3) is 0.316. The molecular formula is C19H24ClN7O3S. The molecule has 166 valence electrons. The molecule has 12 heteroatoms. The van der Waals surface area contributed by atoms with Crippen LogP contribution >= 0.6 is 11.6 Å². The standard InChI is InChI=1S/C19H24ClN7O3S/c1-26(31(2,29)30)12-15-5-3-4-14(8-15)9-21-18-17(20)11-22-19(25-18)24-16-10-23-27(13-16)6-7-28/h3-5,8,10-11,13,28H,6-7,9,12H2,1-2H3,(H2,21,22,24,25). The SMILES string of the molecule is CN(Cc1cccc(CNc2nc(Nc3cnn(CCO)c3)ncc2Cl)c1)S(C)(=O)=O. The number of halogens is 1. The highest BCUT2D eigenvalue weighted by Gasteiger charge is 2.12. The van der Waals surface area contributed by atoms with Crippen LogP contribution in [-0.4, -0.2) is 57.5 Å². The molecule has 1 aromatic carbocycles. The van der Waals surface area contributed by atoms with Crippen LogP contribution in [-0.2, 0) is 29.7 Å². The number of anilines is 3. The molecule has 0 amide bonds. The third-order valence-corrected chi connectivity index (χ3v) is 5.92. The first-order chi connectivity index (χ1) is 14.7. The van der Waals surface area contributed by atoms with Crippen LogP contribution in [0.4, 0.5) is 17.5 Å². The molecule has 3 rings (SSSR count). The normalized spacial score (nSPS) is 11.6. The van der Waals surface area contributed by atoms with Crippen molar-refractivity contribution in [1.29, 1.82) is 0 Å². The van der Waals surface area contributed by atoms with Crippen LogP contribution in [0.1, 0.15) is 11.1 Å². The zero-order chi connectivity index (χ0) is 22.4. The summed E-state index contributed by atoms with van der Waals surface area (Å²) in [6.45, 7) is 1.13. The molecule has 0 atom stereocenters. The Hall–Kier alpha value is -2.73. The molecule has 0 radical (unpaired) electrons. The summed E-state index contributed by atoms with van der Waals surface area (Å²) in [5, 5.41) is 19.7. The van der Waals surface area contributed by atoms with Gasteiger partial charge in [0.15, 0.2) is 5.82 Å². The number of aliphatic hydroxyl groups excluding tert-OH is 1. The summed E-state index contributed by atoms with van der Waals surface area (Å²) in [7, 11) is -1.70. The molecule has 0 aliphatic rings. The maximum absolute atomic E-state index is 11.6. The average molecular weight is 466 g/mol. The summed E-state index contributed by atoms with van der Waals surface area (Å²) in [6.07, 6.45) is 6.02. The zero-order valence-electron chi connectivity index (χ0n) is 17.2. The van der Waals surface area contributed by atoms with Gasteiger partial charge in [-0.05, 0) is 11.1 Å². The van der Waals surface area contributed by atoms with Gasteiger partial charge in [-0.25, -0.2) is 17.7 Å². The average Bonchev–Trinajstić information content (AvgIpc) is 3.15. The van der Waals surface area contributed by atoms with Gasteiger partial charge < -0.3 is 15.7 Å². The van der Waals surface area contributed by atoms with Gasteiger partial charge in [0.1, 0.15) is 5.02 Å². The molecule has 0 fully saturated rings. The Kier molecular flexibility index (Phi) is 7.44. The van der Waals surface area contributed by atoms with Gasteiger partial charge in [-0.3, -0.25) is 4.68 Å². The van der Waals surface area contributed by atoms with Crippen molar-refractivity contribution in [2.75, 3.05) is 30.5 Å². The van der Waals surface area contributed by atoms with Gasteiger partial charge in [-0.15, -0.1) is 0 Å². The molecule has 3 N–H and O–H groups in total. The molecule has 31 heavy (non-hydrogen) atoms. The molecular weight excluding hydrogens is 442 g/mol. The van der Waals surface area contributed by atoms with Gasteiger partial charge in [0, 0.05) is 26.3 Å². The van der Waals surface area contributed by atoms with E-state index in [1.807, 2.05) is 24.3 Å². The Balaban J connectivity index is 1.66. The van der Waals surface area contributed by atoms with Gasteiger partial charge in [0.05, 0.1) is 37.5 Å². The van der Waals surface area contributed by atoms with Crippen molar-refractivity contribution >= 4 is 39.1 Å². The van der Waals surface area contributed by atoms with Crippen LogP contribution in [0.15, 0.2) is 42.9 Å². The lowest BCUT2D eigenvalue weighted by molar-refractivity contribution is 0.269. The second kappa shape index (κ2) is 10.1. The summed E-state index contributed by atoms with van der Waals surface area (Å²) in [5.41, 5.74) is 2.52. The summed E-state index contributed by atoms with van der Waals surface area (Å²) in [6, 6.07) is 7.61. The van der Waals surface area contributed by atoms with E-state index in [1.54, 1.807) is 24.1 Å². The van der Waals surface area contributed by atoms with Crippen molar-refractivity contribution in [2.24, 2.45) is 0 Å². The molecule has 2 aromatic heterocycles. The Morgan fingerprint density at radius 2 is 2.03 bits per heavy atom. The monoisotopic (exact) mass is 465 g/mol. The number of aromatic nitrogens is 4. The largest absolute Gasteiger partial charge is 0.394 e. The van der Waals surface area contributed by atoms with E-state index >= 15 is 0 Å². The lowest BCUT2D eigenvalue weighted by Crippen LogP contribution is -2.24. The number of nitrogens with one attached hydrogen (secondary N) is 2. The molecule has 0 saturated heterocycles. The third kappa shape index (κ3) is 6.62. The maximum Gasteiger partial charge on any atom is 0.229 e. The number of aliphatic hydroxyl groups is 1. The Morgan fingerprint density at radius 1 is 1.26 bits per heavy atom. The van der Waals surface area contributed by atoms with Crippen molar-refractivity contribution in [3.05, 3.63) is 59.0 Å². The van der Waals surface area contributed by atoms with Gasteiger partial charge in [0.25, 0.3) is 0 Å². The van der Waals surface area contributed by atoms with Crippen LogP contribution in [0.5, 0.6) is 0 Å². The number of hydrogen-bond donors (Lipinski definition) is 3. The Labute approximate surface area is 185 Å². The summed E-state index contributed by atoms with van der Waals surface area (Å²) in [4.78, 5) is 8.57. The third-order valence-electron chi connectivity index (χ3n) is 4.39. The lowest BCUT2D eigenvalue weighted by atomic mass is 10.1. The molecule has 0 aliphatic carbocycles. The second-order valence-corrected chi connectivity index (χ2v) is 9.42. The van der Waals surface area contributed by atoms with E-state index in [1.165, 1.54) is 16.8 Å². The van der Waals surface area contributed by atoms with Gasteiger partial charge in [-0.2, -0.15) is 10.1 Å². The quantitative estimate of drug-likeness (QED) is 0.415. The summed E-state index contributed by atoms with van der Waals surface area (Å²) < 4.78 is 26.2. The van der Waals surface area contributed by atoms with Crippen molar-refractivity contribution in [2.45, 2.75) is 19.6 Å².